The van der Waals surface area contributed by atoms with Crippen molar-refractivity contribution in [2.75, 3.05) is 31.5 Å². The summed E-state index contributed by atoms with van der Waals surface area (Å²) in [7, 11) is 0. The van der Waals surface area contributed by atoms with Crippen molar-refractivity contribution in [1.82, 2.24) is 14.9 Å². The zero-order chi connectivity index (χ0) is 13.6. The molecule has 1 N–H and O–H groups in total. The van der Waals surface area contributed by atoms with Crippen LogP contribution < -0.4 is 5.32 Å². The fourth-order valence-corrected chi connectivity index (χ4v) is 2.82. The Bertz CT molecular complexity index is 544. The molecule has 3 rings (SSSR count). The average Bonchev–Trinajstić information content (AvgIpc) is 3.00. The van der Waals surface area contributed by atoms with Crippen LogP contribution in [0.1, 0.15) is 25.7 Å². The molecule has 1 aliphatic heterocycles. The number of fused-ring (bicyclic) bond motifs is 1. The number of nitrogens with zero attached hydrogens (tertiary/aromatic N) is 3. The Morgan fingerprint density at radius 3 is 2.80 bits per heavy atom. The number of nitrogens with one attached hydrogen (secondary N) is 1. The van der Waals surface area contributed by atoms with E-state index in [0.717, 1.165) is 23.3 Å². The van der Waals surface area contributed by atoms with Gasteiger partial charge in [-0.2, -0.15) is 0 Å². The third-order valence-electron chi connectivity index (χ3n) is 3.94. The van der Waals surface area contributed by atoms with Crippen molar-refractivity contribution in [2.45, 2.75) is 25.7 Å². The smallest absolute Gasteiger partial charge is 0.137 e. The molecular weight excluding hydrogens is 248 g/mol. The maximum absolute atomic E-state index is 4.35. The molecule has 2 heterocycles. The molecule has 0 atom stereocenters. The number of para-hydroxylation sites is 1. The molecule has 4 nitrogen and oxygen atoms in total. The minimum atomic E-state index is 0.955. The van der Waals surface area contributed by atoms with Crippen LogP contribution in [0.5, 0.6) is 0 Å². The predicted octanol–water partition coefficient (Wildman–Crippen LogP) is 2.92. The summed E-state index contributed by atoms with van der Waals surface area (Å²) in [6.07, 6.45) is 6.84. The van der Waals surface area contributed by atoms with Crippen LogP contribution in [0.25, 0.3) is 10.9 Å². The Morgan fingerprint density at radius 1 is 1.05 bits per heavy atom. The molecule has 1 aromatic heterocycles. The quantitative estimate of drug-likeness (QED) is 0.819. The number of hydrogen-bond acceptors (Lipinski definition) is 4. The molecule has 1 aliphatic rings. The van der Waals surface area contributed by atoms with Gasteiger partial charge in [-0.05, 0) is 57.5 Å². The van der Waals surface area contributed by atoms with Crippen molar-refractivity contribution in [3.63, 3.8) is 0 Å². The lowest BCUT2D eigenvalue weighted by atomic mass is 10.2. The van der Waals surface area contributed by atoms with Crippen LogP contribution in [-0.4, -0.2) is 41.0 Å². The van der Waals surface area contributed by atoms with Gasteiger partial charge in [0.25, 0.3) is 0 Å². The topological polar surface area (TPSA) is 41.0 Å². The maximum atomic E-state index is 4.35. The molecule has 20 heavy (non-hydrogen) atoms. The van der Waals surface area contributed by atoms with Gasteiger partial charge in [0.2, 0.25) is 0 Å². The van der Waals surface area contributed by atoms with E-state index >= 15 is 0 Å². The predicted molar refractivity (Wildman–Crippen MR) is 82.9 cm³/mol. The summed E-state index contributed by atoms with van der Waals surface area (Å²) in [5.41, 5.74) is 1.00. The molecule has 106 valence electrons. The molecule has 0 radical (unpaired) electrons. The molecule has 0 aliphatic carbocycles. The van der Waals surface area contributed by atoms with E-state index in [1.54, 1.807) is 6.33 Å². The lowest BCUT2D eigenvalue weighted by molar-refractivity contribution is 0.331. The van der Waals surface area contributed by atoms with E-state index < -0.39 is 0 Å². The van der Waals surface area contributed by atoms with Crippen LogP contribution in [0, 0.1) is 0 Å². The highest BCUT2D eigenvalue weighted by Gasteiger charge is 2.10. The van der Waals surface area contributed by atoms with Crippen molar-refractivity contribution in [1.29, 1.82) is 0 Å². The molecule has 4 heteroatoms. The Morgan fingerprint density at radius 2 is 1.90 bits per heavy atom. The van der Waals surface area contributed by atoms with Crippen LogP contribution in [0.15, 0.2) is 30.6 Å². The molecule has 0 unspecified atom stereocenters. The van der Waals surface area contributed by atoms with Crippen LogP contribution in [0.3, 0.4) is 0 Å². The van der Waals surface area contributed by atoms with Crippen LogP contribution in [0.4, 0.5) is 5.82 Å². The molecule has 2 aromatic rings. The van der Waals surface area contributed by atoms with Gasteiger partial charge in [0, 0.05) is 11.9 Å². The zero-order valence-corrected chi connectivity index (χ0v) is 11.9. The summed E-state index contributed by atoms with van der Waals surface area (Å²) in [5, 5.41) is 4.55. The van der Waals surface area contributed by atoms with E-state index in [-0.39, 0.29) is 0 Å². The lowest BCUT2D eigenvalue weighted by Crippen LogP contribution is -2.20. The van der Waals surface area contributed by atoms with Gasteiger partial charge >= 0.3 is 0 Å². The number of rotatable bonds is 6. The minimum Gasteiger partial charge on any atom is -0.369 e. The van der Waals surface area contributed by atoms with E-state index in [0.29, 0.717) is 0 Å². The van der Waals surface area contributed by atoms with E-state index in [1.807, 2.05) is 18.2 Å². The Balaban J connectivity index is 1.47. The minimum absolute atomic E-state index is 0.955. The van der Waals surface area contributed by atoms with Gasteiger partial charge in [-0.3, -0.25) is 0 Å². The summed E-state index contributed by atoms with van der Waals surface area (Å²) in [6, 6.07) is 8.14. The number of hydrogen-bond donors (Lipinski definition) is 1. The van der Waals surface area contributed by atoms with E-state index in [9.17, 15) is 0 Å². The molecular formula is C16H22N4. The summed E-state index contributed by atoms with van der Waals surface area (Å²) in [6.45, 7) is 4.81. The van der Waals surface area contributed by atoms with E-state index in [4.69, 9.17) is 0 Å². The first-order valence-corrected chi connectivity index (χ1v) is 7.59. The maximum Gasteiger partial charge on any atom is 0.137 e. The Hall–Kier alpha value is -1.68. The number of aromatic nitrogens is 2. The first-order valence-electron chi connectivity index (χ1n) is 7.59. The molecule has 0 amide bonds. The molecule has 1 aromatic carbocycles. The van der Waals surface area contributed by atoms with Crippen LogP contribution in [-0.2, 0) is 0 Å². The molecule has 1 fully saturated rings. The van der Waals surface area contributed by atoms with Crippen LogP contribution >= 0.6 is 0 Å². The number of benzene rings is 1. The largest absolute Gasteiger partial charge is 0.369 e. The first-order chi connectivity index (χ1) is 9.93. The van der Waals surface area contributed by atoms with Crippen molar-refractivity contribution in [3.05, 3.63) is 30.6 Å². The fraction of sp³-hybridized carbons (Fsp3) is 0.500. The van der Waals surface area contributed by atoms with Crippen molar-refractivity contribution in [2.24, 2.45) is 0 Å². The Labute approximate surface area is 120 Å². The summed E-state index contributed by atoms with van der Waals surface area (Å²) in [4.78, 5) is 11.2. The van der Waals surface area contributed by atoms with Gasteiger partial charge in [0.15, 0.2) is 0 Å². The number of unbranched alkanes of at least 4 members (excludes halogenated alkanes) is 1. The van der Waals surface area contributed by atoms with Crippen molar-refractivity contribution < 1.29 is 0 Å². The lowest BCUT2D eigenvalue weighted by Gasteiger charge is -2.14. The third-order valence-corrected chi connectivity index (χ3v) is 3.94. The Kier molecular flexibility index (Phi) is 4.43. The van der Waals surface area contributed by atoms with Crippen molar-refractivity contribution >= 4 is 16.7 Å². The van der Waals surface area contributed by atoms with Gasteiger partial charge in [-0.1, -0.05) is 12.1 Å². The molecule has 0 bridgehead atoms. The second-order valence-corrected chi connectivity index (χ2v) is 5.42. The normalized spacial score (nSPS) is 15.8. The average molecular weight is 270 g/mol. The zero-order valence-electron chi connectivity index (χ0n) is 11.9. The van der Waals surface area contributed by atoms with Crippen LogP contribution in [0.2, 0.25) is 0 Å². The van der Waals surface area contributed by atoms with Gasteiger partial charge in [0.05, 0.1) is 5.52 Å². The van der Waals surface area contributed by atoms with Gasteiger partial charge < -0.3 is 10.2 Å². The second-order valence-electron chi connectivity index (χ2n) is 5.42. The summed E-state index contributed by atoms with van der Waals surface area (Å²) in [5.74, 6) is 0.955. The highest BCUT2D eigenvalue weighted by Crippen LogP contribution is 2.18. The SMILES string of the molecule is c1ccc2c(NCCCCN3CCCC3)ncnc2c1. The third kappa shape index (κ3) is 3.25. The van der Waals surface area contributed by atoms with E-state index in [2.05, 4.69) is 26.3 Å². The highest BCUT2D eigenvalue weighted by atomic mass is 15.1. The molecule has 0 saturated carbocycles. The molecule has 0 spiro atoms. The number of likely N-dealkylation sites (tertiary alicyclic amines) is 1. The fourth-order valence-electron chi connectivity index (χ4n) is 2.82. The van der Waals surface area contributed by atoms with Gasteiger partial charge in [-0.15, -0.1) is 0 Å². The standard InChI is InChI=1S/C16H22N4/c1-2-8-15-14(7-1)16(19-13-18-15)17-9-3-4-10-20-11-5-6-12-20/h1-2,7-8,13H,3-6,9-12H2,(H,17,18,19). The monoisotopic (exact) mass is 270 g/mol. The highest BCUT2D eigenvalue weighted by molar-refractivity contribution is 5.88. The summed E-state index contributed by atoms with van der Waals surface area (Å²) < 4.78 is 0. The van der Waals surface area contributed by atoms with E-state index in [1.165, 1.54) is 45.3 Å². The molecule has 1 saturated heterocycles. The van der Waals surface area contributed by atoms with Gasteiger partial charge in [0.1, 0.15) is 12.1 Å². The summed E-state index contributed by atoms with van der Waals surface area (Å²) >= 11 is 0. The first kappa shape index (κ1) is 13.3. The number of anilines is 1. The second kappa shape index (κ2) is 6.66. The van der Waals surface area contributed by atoms with Crippen molar-refractivity contribution in [3.8, 4) is 0 Å². The van der Waals surface area contributed by atoms with Gasteiger partial charge in [-0.25, -0.2) is 9.97 Å².